The van der Waals surface area contributed by atoms with Gasteiger partial charge in [0.1, 0.15) is 0 Å². The molecule has 12 heteroatoms. The number of pyridine rings is 1. The summed E-state index contributed by atoms with van der Waals surface area (Å²) in [7, 11) is 0. The molecule has 1 aromatic heterocycles. The summed E-state index contributed by atoms with van der Waals surface area (Å²) in [5, 5.41) is 12.8. The van der Waals surface area contributed by atoms with Crippen molar-refractivity contribution in [1.29, 1.82) is 0 Å². The number of hydrogen-bond donors (Lipinski definition) is 1. The maximum Gasteiger partial charge on any atom is 0.460 e. The number of aromatic nitrogens is 1. The molecule has 1 amide bonds. The lowest BCUT2D eigenvalue weighted by Crippen LogP contribution is -2.69. The standard InChI is InChI=1S/C13H10F7N3O2/c1-7-5-10(25,11(14,15)12(16,17)13(18,19)20)23(22-7)9(24)8-3-2-4-21-6-8/h2-4,6,25H,5H2,1H3/t10-/m0/s1. The van der Waals surface area contributed by atoms with E-state index >= 15 is 0 Å². The lowest BCUT2D eigenvalue weighted by molar-refractivity contribution is -0.400. The fourth-order valence-electron chi connectivity index (χ4n) is 2.22. The molecular weight excluding hydrogens is 363 g/mol. The zero-order valence-corrected chi connectivity index (χ0v) is 12.4. The van der Waals surface area contributed by atoms with E-state index in [4.69, 9.17) is 0 Å². The molecule has 5 nitrogen and oxygen atoms in total. The van der Waals surface area contributed by atoms with Crippen molar-refractivity contribution in [2.45, 2.75) is 37.1 Å². The van der Waals surface area contributed by atoms with E-state index < -0.39 is 52.4 Å². The smallest absolute Gasteiger partial charge is 0.364 e. The van der Waals surface area contributed by atoms with Crippen molar-refractivity contribution in [2.75, 3.05) is 0 Å². The normalized spacial score (nSPS) is 22.1. The van der Waals surface area contributed by atoms with Crippen molar-refractivity contribution in [3.8, 4) is 0 Å². The minimum absolute atomic E-state index is 0.433. The largest absolute Gasteiger partial charge is 0.460 e. The molecule has 0 saturated carbocycles. The topological polar surface area (TPSA) is 65.8 Å². The van der Waals surface area contributed by atoms with E-state index in [1.54, 1.807) is 0 Å². The fourth-order valence-corrected chi connectivity index (χ4v) is 2.22. The molecule has 2 heterocycles. The molecule has 138 valence electrons. The van der Waals surface area contributed by atoms with Gasteiger partial charge in [0.15, 0.2) is 0 Å². The number of aliphatic hydroxyl groups is 1. The second kappa shape index (κ2) is 5.64. The predicted molar refractivity (Wildman–Crippen MR) is 69.0 cm³/mol. The van der Waals surface area contributed by atoms with Crippen LogP contribution in [0.3, 0.4) is 0 Å². The second-order valence-corrected chi connectivity index (χ2v) is 5.33. The quantitative estimate of drug-likeness (QED) is 0.829. The summed E-state index contributed by atoms with van der Waals surface area (Å²) in [6.07, 6.45) is -6.00. The molecule has 0 radical (unpaired) electrons. The van der Waals surface area contributed by atoms with Crippen molar-refractivity contribution in [1.82, 2.24) is 9.99 Å². The van der Waals surface area contributed by atoms with Crippen molar-refractivity contribution in [3.05, 3.63) is 30.1 Å². The van der Waals surface area contributed by atoms with Crippen LogP contribution < -0.4 is 0 Å². The Kier molecular flexibility index (Phi) is 4.31. The number of carbonyl (C=O) groups excluding carboxylic acids is 1. The SMILES string of the molecule is CC1=NN(C(=O)c2cccnc2)[C@@](O)(C(F)(F)C(F)(F)C(F)(F)F)C1. The van der Waals surface area contributed by atoms with E-state index in [0.717, 1.165) is 19.2 Å². The first-order chi connectivity index (χ1) is 11.3. The highest BCUT2D eigenvalue weighted by atomic mass is 19.4. The van der Waals surface area contributed by atoms with Crippen LogP contribution in [-0.2, 0) is 0 Å². The highest BCUT2D eigenvalue weighted by Crippen LogP contribution is 2.54. The van der Waals surface area contributed by atoms with Crippen LogP contribution in [0.1, 0.15) is 23.7 Å². The van der Waals surface area contributed by atoms with Gasteiger partial charge in [-0.3, -0.25) is 9.78 Å². The number of halogens is 7. The summed E-state index contributed by atoms with van der Waals surface area (Å²) in [6, 6.07) is 2.24. The highest BCUT2D eigenvalue weighted by Gasteiger charge is 2.82. The molecule has 0 fully saturated rings. The maximum atomic E-state index is 14.1. The van der Waals surface area contributed by atoms with Crippen LogP contribution in [0.4, 0.5) is 30.7 Å². The average Bonchev–Trinajstić information content (AvgIpc) is 2.82. The molecule has 0 aliphatic carbocycles. The molecule has 1 aliphatic heterocycles. The number of rotatable bonds is 3. The van der Waals surface area contributed by atoms with Gasteiger partial charge >= 0.3 is 18.0 Å². The van der Waals surface area contributed by atoms with Gasteiger partial charge in [-0.05, 0) is 19.1 Å². The van der Waals surface area contributed by atoms with Crippen molar-refractivity contribution < 1.29 is 40.6 Å². The molecule has 1 aliphatic rings. The summed E-state index contributed by atoms with van der Waals surface area (Å²) >= 11 is 0. The van der Waals surface area contributed by atoms with Crippen molar-refractivity contribution >= 4 is 11.6 Å². The molecular formula is C13H10F7N3O2. The van der Waals surface area contributed by atoms with Gasteiger partial charge in [0.05, 0.1) is 5.56 Å². The van der Waals surface area contributed by atoms with Crippen LogP contribution in [-0.4, -0.2) is 50.5 Å². The summed E-state index contributed by atoms with van der Waals surface area (Å²) in [4.78, 5) is 15.7. The molecule has 0 saturated heterocycles. The van der Waals surface area contributed by atoms with E-state index in [9.17, 15) is 40.6 Å². The summed E-state index contributed by atoms with van der Waals surface area (Å²) < 4.78 is 92.1. The van der Waals surface area contributed by atoms with Gasteiger partial charge in [-0.1, -0.05) is 0 Å². The molecule has 25 heavy (non-hydrogen) atoms. The Hall–Kier alpha value is -2.24. The third kappa shape index (κ3) is 2.73. The molecule has 1 aromatic rings. The molecule has 2 rings (SSSR count). The van der Waals surface area contributed by atoms with Gasteiger partial charge in [0.2, 0.25) is 5.72 Å². The van der Waals surface area contributed by atoms with Gasteiger partial charge < -0.3 is 5.11 Å². The van der Waals surface area contributed by atoms with Crippen LogP contribution in [0, 0.1) is 0 Å². The fraction of sp³-hybridized carbons (Fsp3) is 0.462. The van der Waals surface area contributed by atoms with Gasteiger partial charge in [-0.15, -0.1) is 0 Å². The Morgan fingerprint density at radius 3 is 2.32 bits per heavy atom. The lowest BCUT2D eigenvalue weighted by atomic mass is 9.93. The van der Waals surface area contributed by atoms with Crippen LogP contribution in [0.2, 0.25) is 0 Å². The monoisotopic (exact) mass is 373 g/mol. The Bertz CT molecular complexity index is 705. The van der Waals surface area contributed by atoms with Gasteiger partial charge in [-0.2, -0.15) is 40.8 Å². The number of amides is 1. The Labute approximate surface area is 135 Å². The second-order valence-electron chi connectivity index (χ2n) is 5.33. The first-order valence-corrected chi connectivity index (χ1v) is 6.59. The zero-order chi connectivity index (χ0) is 19.3. The van der Waals surface area contributed by atoms with E-state index in [1.165, 1.54) is 12.3 Å². The molecule has 1 N–H and O–H groups in total. The maximum absolute atomic E-state index is 14.1. The Balaban J connectivity index is 2.53. The summed E-state index contributed by atoms with van der Waals surface area (Å²) in [6.45, 7) is 0.989. The predicted octanol–water partition coefficient (Wildman–Crippen LogP) is 2.82. The van der Waals surface area contributed by atoms with Gasteiger partial charge in [0.25, 0.3) is 5.91 Å². The molecule has 1 atom stereocenters. The van der Waals surface area contributed by atoms with Crippen LogP contribution in [0.15, 0.2) is 29.6 Å². The Morgan fingerprint density at radius 2 is 1.84 bits per heavy atom. The van der Waals surface area contributed by atoms with Crippen molar-refractivity contribution in [3.63, 3.8) is 0 Å². The van der Waals surface area contributed by atoms with Gasteiger partial charge in [0, 0.05) is 24.5 Å². The minimum Gasteiger partial charge on any atom is -0.364 e. The molecule has 0 spiro atoms. The summed E-state index contributed by atoms with van der Waals surface area (Å²) in [5.74, 6) is -14.2. The first kappa shape index (κ1) is 19.1. The van der Waals surface area contributed by atoms with Crippen LogP contribution in [0.25, 0.3) is 0 Å². The third-order valence-corrected chi connectivity index (χ3v) is 3.48. The number of alkyl halides is 7. The van der Waals surface area contributed by atoms with Crippen molar-refractivity contribution in [2.24, 2.45) is 5.10 Å². The van der Waals surface area contributed by atoms with Gasteiger partial charge in [-0.25, -0.2) is 0 Å². The third-order valence-electron chi connectivity index (χ3n) is 3.48. The van der Waals surface area contributed by atoms with Crippen LogP contribution in [0.5, 0.6) is 0 Å². The summed E-state index contributed by atoms with van der Waals surface area (Å²) in [5.41, 5.74) is -5.08. The number of hydrazone groups is 1. The minimum atomic E-state index is -6.66. The molecule has 0 bridgehead atoms. The van der Waals surface area contributed by atoms with E-state index in [2.05, 4.69) is 10.1 Å². The Morgan fingerprint density at radius 1 is 1.24 bits per heavy atom. The number of hydrogen-bond acceptors (Lipinski definition) is 4. The molecule has 0 unspecified atom stereocenters. The lowest BCUT2D eigenvalue weighted by Gasteiger charge is -2.41. The first-order valence-electron chi connectivity index (χ1n) is 6.59. The highest BCUT2D eigenvalue weighted by molar-refractivity contribution is 5.97. The number of nitrogens with zero attached hydrogens (tertiary/aromatic N) is 3. The zero-order valence-electron chi connectivity index (χ0n) is 12.4. The van der Waals surface area contributed by atoms with E-state index in [-0.39, 0.29) is 0 Å². The van der Waals surface area contributed by atoms with E-state index in [1.807, 2.05) is 0 Å². The average molecular weight is 373 g/mol. The van der Waals surface area contributed by atoms with Crippen LogP contribution >= 0.6 is 0 Å². The molecule has 0 aromatic carbocycles. The van der Waals surface area contributed by atoms with E-state index in [0.29, 0.717) is 0 Å². The number of carbonyl (C=O) groups is 1.